The van der Waals surface area contributed by atoms with E-state index in [0.29, 0.717) is 44.5 Å². The molecule has 50 heavy (non-hydrogen) atoms. The van der Waals surface area contributed by atoms with Gasteiger partial charge in [-0.25, -0.2) is 0 Å². The highest BCUT2D eigenvalue weighted by atomic mass is 16.7. The minimum atomic E-state index is -0.855. The number of ether oxygens (including phenoxy) is 2. The lowest BCUT2D eigenvalue weighted by Crippen LogP contribution is -2.39. The zero-order valence-corrected chi connectivity index (χ0v) is 28.3. The number of aromatic hydroxyl groups is 1. The molecule has 0 saturated carbocycles. The number of hydrogen-bond donors (Lipinski definition) is 5. The number of unbranched alkanes of at least 4 members (excludes halogenated alkanes) is 1. The van der Waals surface area contributed by atoms with E-state index < -0.39 is 18.4 Å². The normalized spacial score (nSPS) is 18.1. The van der Waals surface area contributed by atoms with Crippen molar-refractivity contribution in [3.63, 3.8) is 0 Å². The Hall–Kier alpha value is -4.58. The maximum absolute atomic E-state index is 12.4. The molecule has 264 valence electrons. The van der Waals surface area contributed by atoms with E-state index in [4.69, 9.17) is 14.6 Å². The largest absolute Gasteiger partial charge is 0.508 e. The quantitative estimate of drug-likeness (QED) is 0.0895. The molecule has 5 N–H and O–H groups in total. The fraction of sp³-hybridized carbons (Fsp3) is 0.350. The second-order valence-electron chi connectivity index (χ2n) is 12.8. The summed E-state index contributed by atoms with van der Waals surface area (Å²) in [6.45, 7) is 1.21. The van der Waals surface area contributed by atoms with Gasteiger partial charge in [0.25, 0.3) is 0 Å². The molecular weight excluding hydrogens is 636 g/mol. The van der Waals surface area contributed by atoms with Crippen molar-refractivity contribution in [3.8, 4) is 16.9 Å². The van der Waals surface area contributed by atoms with Crippen molar-refractivity contribution in [1.29, 1.82) is 0 Å². The molecule has 1 aliphatic heterocycles. The Kier molecular flexibility index (Phi) is 13.1. The van der Waals surface area contributed by atoms with Crippen molar-refractivity contribution in [3.05, 3.63) is 125 Å². The Morgan fingerprint density at radius 1 is 0.900 bits per heavy atom. The van der Waals surface area contributed by atoms with Gasteiger partial charge in [0.2, 0.25) is 5.91 Å². The van der Waals surface area contributed by atoms with Gasteiger partial charge in [-0.05, 0) is 65.4 Å². The number of nitrogens with one attached hydrogen (secondary N) is 1. The number of carbonyl (C=O) groups excluding carboxylic acids is 1. The Balaban J connectivity index is 1.27. The standard InChI is InChI=1S/C40H46N2O8/c1-42(25-36(45)31-8-6-9-33(44)21-31)24-34-22-37(29-15-13-27(26-43)14-16-29)50-40(49-34)30-19-17-28(18-20-30)35-10-3-2-7-32(35)23-41-38(46)11-4-5-12-39(47)48/h2-3,6-10,13-21,34,36-37,40,43-45H,4-5,11-12,22-26H2,1H3,(H,41,46)(H,47,48)/t34-,36-,37+,40+/m1/s1. The van der Waals surface area contributed by atoms with Crippen LogP contribution in [0, 0.1) is 0 Å². The predicted molar refractivity (Wildman–Crippen MR) is 189 cm³/mol. The molecule has 0 bridgehead atoms. The van der Waals surface area contributed by atoms with Crippen LogP contribution in [0.15, 0.2) is 97.1 Å². The van der Waals surface area contributed by atoms with Gasteiger partial charge in [0.15, 0.2) is 6.29 Å². The highest BCUT2D eigenvalue weighted by Crippen LogP contribution is 2.39. The lowest BCUT2D eigenvalue weighted by molar-refractivity contribution is -0.252. The number of hydrogen-bond acceptors (Lipinski definition) is 8. The Labute approximate surface area is 292 Å². The van der Waals surface area contributed by atoms with E-state index in [1.54, 1.807) is 24.3 Å². The van der Waals surface area contributed by atoms with Gasteiger partial charge >= 0.3 is 5.97 Å². The molecule has 1 saturated heterocycles. The summed E-state index contributed by atoms with van der Waals surface area (Å²) in [5.74, 6) is -0.856. The highest BCUT2D eigenvalue weighted by molar-refractivity contribution is 5.76. The molecule has 1 fully saturated rings. The molecule has 1 aliphatic rings. The third kappa shape index (κ3) is 10.5. The van der Waals surface area contributed by atoms with Crippen LogP contribution in [0.1, 0.15) is 78.4 Å². The number of aliphatic hydroxyl groups is 2. The van der Waals surface area contributed by atoms with E-state index in [1.165, 1.54) is 0 Å². The van der Waals surface area contributed by atoms with Gasteiger partial charge in [-0.3, -0.25) is 9.59 Å². The monoisotopic (exact) mass is 682 g/mol. The van der Waals surface area contributed by atoms with Crippen molar-refractivity contribution in [2.45, 2.75) is 69.9 Å². The van der Waals surface area contributed by atoms with Crippen LogP contribution < -0.4 is 5.32 Å². The average molecular weight is 683 g/mol. The first-order valence-corrected chi connectivity index (χ1v) is 17.0. The van der Waals surface area contributed by atoms with Crippen LogP contribution in [0.2, 0.25) is 0 Å². The van der Waals surface area contributed by atoms with Gasteiger partial charge in [-0.1, -0.05) is 84.9 Å². The van der Waals surface area contributed by atoms with E-state index >= 15 is 0 Å². The number of nitrogens with zero attached hydrogens (tertiary/aromatic N) is 1. The molecule has 0 aromatic heterocycles. The van der Waals surface area contributed by atoms with Crippen LogP contribution in [0.4, 0.5) is 0 Å². The van der Waals surface area contributed by atoms with E-state index in [9.17, 15) is 24.9 Å². The Morgan fingerprint density at radius 3 is 2.34 bits per heavy atom. The molecule has 0 aliphatic carbocycles. The Bertz CT molecular complexity index is 1690. The lowest BCUT2D eigenvalue weighted by atomic mass is 9.97. The minimum Gasteiger partial charge on any atom is -0.508 e. The number of carboxylic acids is 1. The third-order valence-corrected chi connectivity index (χ3v) is 8.90. The van der Waals surface area contributed by atoms with Crippen LogP contribution in [-0.4, -0.2) is 63.4 Å². The van der Waals surface area contributed by atoms with Crippen molar-refractivity contribution in [2.24, 2.45) is 0 Å². The molecule has 5 rings (SSSR count). The molecule has 4 atom stereocenters. The number of phenols is 1. The van der Waals surface area contributed by atoms with Crippen molar-refractivity contribution in [1.82, 2.24) is 10.2 Å². The SMILES string of the molecule is CN(C[C@H]1C[C@@H](c2ccc(CO)cc2)O[C@@H](c2ccc(-c3ccccc3CNC(=O)CCCCC(=O)O)cc2)O1)C[C@@H](O)c1cccc(O)c1. The summed E-state index contributed by atoms with van der Waals surface area (Å²) < 4.78 is 13.1. The first-order chi connectivity index (χ1) is 24.2. The number of benzene rings is 4. The van der Waals surface area contributed by atoms with E-state index in [2.05, 4.69) is 5.32 Å². The summed E-state index contributed by atoms with van der Waals surface area (Å²) in [6, 6.07) is 30.3. The van der Waals surface area contributed by atoms with Crippen molar-refractivity contribution >= 4 is 11.9 Å². The van der Waals surface area contributed by atoms with Crippen LogP contribution in [0.3, 0.4) is 0 Å². The molecule has 1 amide bonds. The smallest absolute Gasteiger partial charge is 0.303 e. The van der Waals surface area contributed by atoms with Gasteiger partial charge < -0.3 is 40.1 Å². The van der Waals surface area contributed by atoms with Gasteiger partial charge in [-0.15, -0.1) is 0 Å². The Morgan fingerprint density at radius 2 is 1.62 bits per heavy atom. The van der Waals surface area contributed by atoms with Gasteiger partial charge in [0, 0.05) is 44.5 Å². The predicted octanol–water partition coefficient (Wildman–Crippen LogP) is 6.02. The summed E-state index contributed by atoms with van der Waals surface area (Å²) >= 11 is 0. The summed E-state index contributed by atoms with van der Waals surface area (Å²) in [7, 11) is 1.93. The van der Waals surface area contributed by atoms with Gasteiger partial charge in [0.05, 0.1) is 24.9 Å². The second kappa shape index (κ2) is 17.9. The maximum atomic E-state index is 12.4. The third-order valence-electron chi connectivity index (χ3n) is 8.90. The van der Waals surface area contributed by atoms with E-state index in [1.807, 2.05) is 84.7 Å². The van der Waals surface area contributed by atoms with Crippen LogP contribution in [0.25, 0.3) is 11.1 Å². The molecule has 0 unspecified atom stereocenters. The number of rotatable bonds is 16. The summed E-state index contributed by atoms with van der Waals surface area (Å²) in [5, 5.41) is 42.0. The molecule has 0 radical (unpaired) electrons. The number of aliphatic carboxylic acids is 1. The minimum absolute atomic E-state index is 0.0388. The van der Waals surface area contributed by atoms with E-state index in [0.717, 1.165) is 33.4 Å². The number of aliphatic hydroxyl groups excluding tert-OH is 2. The average Bonchev–Trinajstić information content (AvgIpc) is 3.12. The van der Waals surface area contributed by atoms with Gasteiger partial charge in [0.1, 0.15) is 5.75 Å². The van der Waals surface area contributed by atoms with Crippen LogP contribution in [-0.2, 0) is 32.2 Å². The zero-order chi connectivity index (χ0) is 35.5. The first-order valence-electron chi connectivity index (χ1n) is 17.0. The number of carbonyl (C=O) groups is 2. The molecule has 1 heterocycles. The molecule has 10 heteroatoms. The topological polar surface area (TPSA) is 149 Å². The second-order valence-corrected chi connectivity index (χ2v) is 12.8. The zero-order valence-electron chi connectivity index (χ0n) is 28.3. The fourth-order valence-corrected chi connectivity index (χ4v) is 6.21. The van der Waals surface area contributed by atoms with Gasteiger partial charge in [-0.2, -0.15) is 0 Å². The lowest BCUT2D eigenvalue weighted by Gasteiger charge is -2.38. The van der Waals surface area contributed by atoms with Crippen LogP contribution in [0.5, 0.6) is 5.75 Å². The maximum Gasteiger partial charge on any atom is 0.303 e. The van der Waals surface area contributed by atoms with Crippen molar-refractivity contribution < 1.29 is 39.5 Å². The number of amides is 1. The molecule has 10 nitrogen and oxygen atoms in total. The first kappa shape index (κ1) is 36.7. The van der Waals surface area contributed by atoms with Crippen LogP contribution >= 0.6 is 0 Å². The molecule has 4 aromatic carbocycles. The highest BCUT2D eigenvalue weighted by Gasteiger charge is 2.33. The number of phenolic OH excluding ortho intramolecular Hbond substituents is 1. The molecular formula is C40H46N2O8. The van der Waals surface area contributed by atoms with E-state index in [-0.39, 0.29) is 43.3 Å². The molecule has 4 aromatic rings. The fourth-order valence-electron chi connectivity index (χ4n) is 6.21. The number of carboxylic acid groups (broad SMARTS) is 1. The van der Waals surface area contributed by atoms with Crippen molar-refractivity contribution in [2.75, 3.05) is 20.1 Å². The summed E-state index contributed by atoms with van der Waals surface area (Å²) in [4.78, 5) is 25.1. The number of likely N-dealkylation sites (N-methyl/N-ethyl adjacent to an activating group) is 1. The summed E-state index contributed by atoms with van der Waals surface area (Å²) in [5.41, 5.74) is 6.22. The summed E-state index contributed by atoms with van der Waals surface area (Å²) in [6.07, 6.45) is 0.0327. The molecule has 0 spiro atoms.